The number of hydrogen-bond acceptors (Lipinski definition) is 1. The first-order valence-electron chi connectivity index (χ1n) is 5.90. The zero-order chi connectivity index (χ0) is 12.9. The fourth-order valence-corrected chi connectivity index (χ4v) is 1.87. The first-order chi connectivity index (χ1) is 7.99. The van der Waals surface area contributed by atoms with Crippen molar-refractivity contribution in [2.75, 3.05) is 12.4 Å². The van der Waals surface area contributed by atoms with Crippen LogP contribution in [0.3, 0.4) is 0 Å². The summed E-state index contributed by atoms with van der Waals surface area (Å²) < 4.78 is 5.38. The summed E-state index contributed by atoms with van der Waals surface area (Å²) in [7, 11) is 1.72. The molecule has 0 aliphatic heterocycles. The van der Waals surface area contributed by atoms with Crippen LogP contribution in [-0.2, 0) is 5.41 Å². The Morgan fingerprint density at radius 2 is 2.00 bits per heavy atom. The summed E-state index contributed by atoms with van der Waals surface area (Å²) in [6, 6.07) is 6.40. The van der Waals surface area contributed by atoms with E-state index in [9.17, 15) is 0 Å². The van der Waals surface area contributed by atoms with Crippen molar-refractivity contribution < 1.29 is 4.74 Å². The van der Waals surface area contributed by atoms with Gasteiger partial charge in [-0.25, -0.2) is 0 Å². The first kappa shape index (κ1) is 14.3. The Balaban J connectivity index is 3.07. The fraction of sp³-hybridized carbons (Fsp3) is 0.467. The smallest absolute Gasteiger partial charge is 0.126 e. The molecule has 0 bridgehead atoms. The van der Waals surface area contributed by atoms with Crippen molar-refractivity contribution in [2.24, 2.45) is 0 Å². The number of alkyl halides is 1. The van der Waals surface area contributed by atoms with Crippen LogP contribution in [0.25, 0.3) is 6.08 Å². The van der Waals surface area contributed by atoms with Gasteiger partial charge in [0, 0.05) is 10.9 Å². The van der Waals surface area contributed by atoms with Crippen molar-refractivity contribution in [2.45, 2.75) is 32.6 Å². The maximum Gasteiger partial charge on any atom is 0.126 e. The third-order valence-corrected chi connectivity index (χ3v) is 3.13. The Morgan fingerprint density at radius 3 is 2.53 bits per heavy atom. The molecule has 0 spiro atoms. The molecule has 0 saturated heterocycles. The van der Waals surface area contributed by atoms with E-state index in [2.05, 4.69) is 61.0 Å². The van der Waals surface area contributed by atoms with E-state index in [-0.39, 0.29) is 5.41 Å². The lowest BCUT2D eigenvalue weighted by atomic mass is 9.86. The van der Waals surface area contributed by atoms with Crippen LogP contribution < -0.4 is 4.74 Å². The highest BCUT2D eigenvalue weighted by Crippen LogP contribution is 2.28. The Hall–Kier alpha value is -0.760. The van der Waals surface area contributed by atoms with Crippen molar-refractivity contribution in [3.8, 4) is 5.75 Å². The fourth-order valence-electron chi connectivity index (χ4n) is 1.60. The quantitative estimate of drug-likeness (QED) is 0.726. The van der Waals surface area contributed by atoms with Gasteiger partial charge in [0.2, 0.25) is 0 Å². The standard InChI is InChI=1S/C15H21BrO/c1-15(2,3)13-8-9-14(17-4)12(11-13)7-5-6-10-16/h5,7-9,11H,6,10H2,1-4H3/b7-5+. The normalized spacial score (nSPS) is 12.1. The molecule has 1 aromatic carbocycles. The molecule has 0 heterocycles. The van der Waals surface area contributed by atoms with E-state index in [1.165, 1.54) is 5.56 Å². The van der Waals surface area contributed by atoms with Gasteiger partial charge >= 0.3 is 0 Å². The molecule has 94 valence electrons. The lowest BCUT2D eigenvalue weighted by Crippen LogP contribution is -2.11. The van der Waals surface area contributed by atoms with Crippen molar-refractivity contribution in [1.29, 1.82) is 0 Å². The van der Waals surface area contributed by atoms with Crippen molar-refractivity contribution in [1.82, 2.24) is 0 Å². The second-order valence-corrected chi connectivity index (χ2v) is 5.88. The predicted octanol–water partition coefficient (Wildman–Crippen LogP) is 4.79. The molecule has 0 amide bonds. The largest absolute Gasteiger partial charge is 0.496 e. The van der Waals surface area contributed by atoms with Crippen LogP contribution in [-0.4, -0.2) is 12.4 Å². The number of ether oxygens (including phenoxy) is 1. The molecule has 0 fully saturated rings. The zero-order valence-corrected chi connectivity index (χ0v) is 12.7. The van der Waals surface area contributed by atoms with Crippen LogP contribution in [0.2, 0.25) is 0 Å². The van der Waals surface area contributed by atoms with Gasteiger partial charge in [-0.2, -0.15) is 0 Å². The molecule has 17 heavy (non-hydrogen) atoms. The first-order valence-corrected chi connectivity index (χ1v) is 7.02. The third-order valence-electron chi connectivity index (χ3n) is 2.67. The van der Waals surface area contributed by atoms with Gasteiger partial charge in [0.15, 0.2) is 0 Å². The van der Waals surface area contributed by atoms with Gasteiger partial charge in [-0.05, 0) is 29.5 Å². The van der Waals surface area contributed by atoms with Crippen LogP contribution in [0.4, 0.5) is 0 Å². The summed E-state index contributed by atoms with van der Waals surface area (Å²) in [6.07, 6.45) is 5.33. The van der Waals surface area contributed by atoms with Gasteiger partial charge < -0.3 is 4.74 Å². The molecular weight excluding hydrogens is 276 g/mol. The van der Waals surface area contributed by atoms with Crippen molar-refractivity contribution in [3.05, 3.63) is 35.4 Å². The van der Waals surface area contributed by atoms with Crippen LogP contribution in [0.15, 0.2) is 24.3 Å². The summed E-state index contributed by atoms with van der Waals surface area (Å²) >= 11 is 3.42. The van der Waals surface area contributed by atoms with E-state index in [0.29, 0.717) is 0 Å². The molecule has 0 unspecified atom stereocenters. The van der Waals surface area contributed by atoms with Crippen molar-refractivity contribution in [3.63, 3.8) is 0 Å². The summed E-state index contributed by atoms with van der Waals surface area (Å²) in [5.41, 5.74) is 2.65. The minimum atomic E-state index is 0.171. The molecule has 2 heteroatoms. The minimum absolute atomic E-state index is 0.171. The topological polar surface area (TPSA) is 9.23 Å². The average Bonchev–Trinajstić information content (AvgIpc) is 2.28. The maximum absolute atomic E-state index is 5.38. The highest BCUT2D eigenvalue weighted by molar-refractivity contribution is 9.09. The lowest BCUT2D eigenvalue weighted by Gasteiger charge is -2.20. The molecule has 0 aromatic heterocycles. The molecule has 0 atom stereocenters. The molecule has 1 nitrogen and oxygen atoms in total. The Kier molecular flexibility index (Phi) is 5.26. The number of methoxy groups -OCH3 is 1. The van der Waals surface area contributed by atoms with E-state index in [0.717, 1.165) is 23.1 Å². The highest BCUT2D eigenvalue weighted by atomic mass is 79.9. The van der Waals surface area contributed by atoms with Crippen LogP contribution >= 0.6 is 15.9 Å². The summed E-state index contributed by atoms with van der Waals surface area (Å²) in [4.78, 5) is 0. The minimum Gasteiger partial charge on any atom is -0.496 e. The maximum atomic E-state index is 5.38. The molecule has 0 aliphatic carbocycles. The number of halogens is 1. The van der Waals surface area contributed by atoms with Gasteiger partial charge in [-0.15, -0.1) is 0 Å². The van der Waals surface area contributed by atoms with Crippen LogP contribution in [0.5, 0.6) is 5.75 Å². The number of benzene rings is 1. The SMILES string of the molecule is COc1ccc(C(C)(C)C)cc1/C=C/CCBr. The Morgan fingerprint density at radius 1 is 1.29 bits per heavy atom. The van der Waals surface area contributed by atoms with E-state index < -0.39 is 0 Å². The van der Waals surface area contributed by atoms with Gasteiger partial charge in [-0.3, -0.25) is 0 Å². The molecule has 0 aliphatic rings. The number of rotatable bonds is 4. The summed E-state index contributed by atoms with van der Waals surface area (Å²) in [5.74, 6) is 0.934. The van der Waals surface area contributed by atoms with Crippen LogP contribution in [0.1, 0.15) is 38.3 Å². The van der Waals surface area contributed by atoms with Gasteiger partial charge in [-0.1, -0.05) is 54.9 Å². The molecular formula is C15H21BrO. The van der Waals surface area contributed by atoms with Gasteiger partial charge in [0.05, 0.1) is 7.11 Å². The monoisotopic (exact) mass is 296 g/mol. The highest BCUT2D eigenvalue weighted by Gasteiger charge is 2.14. The van der Waals surface area contributed by atoms with Crippen LogP contribution in [0, 0.1) is 0 Å². The summed E-state index contributed by atoms with van der Waals surface area (Å²) in [6.45, 7) is 6.67. The van der Waals surface area contributed by atoms with Gasteiger partial charge in [0.25, 0.3) is 0 Å². The lowest BCUT2D eigenvalue weighted by molar-refractivity contribution is 0.413. The molecule has 0 radical (unpaired) electrons. The molecule has 0 saturated carbocycles. The van der Waals surface area contributed by atoms with E-state index in [1.807, 2.05) is 6.07 Å². The Labute approximate surface area is 113 Å². The zero-order valence-electron chi connectivity index (χ0n) is 11.1. The number of allylic oxidation sites excluding steroid dienone is 1. The van der Waals surface area contributed by atoms with E-state index >= 15 is 0 Å². The third kappa shape index (κ3) is 4.19. The van der Waals surface area contributed by atoms with E-state index in [4.69, 9.17) is 4.74 Å². The second-order valence-electron chi connectivity index (χ2n) is 5.09. The van der Waals surface area contributed by atoms with Gasteiger partial charge in [0.1, 0.15) is 5.75 Å². The van der Waals surface area contributed by atoms with E-state index in [1.54, 1.807) is 7.11 Å². The molecule has 1 rings (SSSR count). The second kappa shape index (κ2) is 6.25. The number of hydrogen-bond donors (Lipinski definition) is 0. The average molecular weight is 297 g/mol. The van der Waals surface area contributed by atoms with Crippen molar-refractivity contribution >= 4 is 22.0 Å². The predicted molar refractivity (Wildman–Crippen MR) is 79.1 cm³/mol. The Bertz CT molecular complexity index is 388. The molecule has 1 aromatic rings. The summed E-state index contributed by atoms with van der Waals surface area (Å²) in [5, 5.41) is 0.991. The molecule has 0 N–H and O–H groups in total.